The topological polar surface area (TPSA) is 18.5 Å². The number of rotatable bonds is 10. The van der Waals surface area contributed by atoms with E-state index >= 15 is 0 Å². The van der Waals surface area contributed by atoms with Gasteiger partial charge in [0.05, 0.1) is 0 Å². The van der Waals surface area contributed by atoms with Crippen molar-refractivity contribution in [2.45, 2.75) is 52.4 Å². The lowest BCUT2D eigenvalue weighted by Gasteiger charge is -2.16. The van der Waals surface area contributed by atoms with Crippen molar-refractivity contribution >= 4 is 29.3 Å². The van der Waals surface area contributed by atoms with Crippen LogP contribution in [0.4, 0.5) is 0 Å². The maximum absolute atomic E-state index is 5.95. The zero-order valence-electron chi connectivity index (χ0n) is 9.73. The third kappa shape index (κ3) is 11.0. The van der Waals surface area contributed by atoms with Crippen LogP contribution < -0.4 is 0 Å². The van der Waals surface area contributed by atoms with Gasteiger partial charge >= 0.3 is 7.18 Å². The Morgan fingerprint density at radius 1 is 0.800 bits per heavy atom. The molecule has 0 unspecified atom stereocenters. The van der Waals surface area contributed by atoms with E-state index in [0.29, 0.717) is 13.2 Å². The molecule has 0 aromatic rings. The molecular weight excluding hydrogens is 251 g/mol. The average molecular weight is 273 g/mol. The molecule has 0 aromatic carbocycles. The van der Waals surface area contributed by atoms with Gasteiger partial charge in [0, 0.05) is 13.2 Å². The first-order chi connectivity index (χ1) is 7.12. The van der Waals surface area contributed by atoms with Crippen LogP contribution in [0, 0.1) is 0 Å². The largest absolute Gasteiger partial charge is 0.551 e. The lowest BCUT2D eigenvalue weighted by atomic mass is 10.3. The number of hydrogen-bond acceptors (Lipinski definition) is 2. The molecule has 0 saturated heterocycles. The van der Waals surface area contributed by atoms with Crippen LogP contribution in [-0.4, -0.2) is 20.4 Å². The van der Waals surface area contributed by atoms with Crippen LogP contribution in [0.2, 0.25) is 0 Å². The van der Waals surface area contributed by atoms with Gasteiger partial charge in [-0.2, -0.15) is 0 Å². The molecule has 0 atom stereocenters. The summed E-state index contributed by atoms with van der Waals surface area (Å²) in [5.41, 5.74) is 0. The normalized spacial score (nSPS) is 12.0. The molecule has 0 N–H and O–H groups in total. The van der Waals surface area contributed by atoms with Crippen molar-refractivity contribution in [2.75, 3.05) is 13.2 Å². The van der Waals surface area contributed by atoms with E-state index in [1.54, 1.807) is 0 Å². The SMILES string of the molecule is CCCCCO[Si](Cl)(Cl)OCCCCC. The fourth-order valence-corrected chi connectivity index (χ4v) is 2.90. The van der Waals surface area contributed by atoms with Gasteiger partial charge in [-0.05, 0) is 12.8 Å². The summed E-state index contributed by atoms with van der Waals surface area (Å²) in [6.45, 7) is 5.52. The number of unbranched alkanes of at least 4 members (excludes halogenated alkanes) is 4. The van der Waals surface area contributed by atoms with E-state index in [9.17, 15) is 0 Å². The van der Waals surface area contributed by atoms with E-state index < -0.39 is 7.18 Å². The second-order valence-corrected chi connectivity index (χ2v) is 8.64. The van der Waals surface area contributed by atoms with E-state index in [1.807, 2.05) is 0 Å². The minimum absolute atomic E-state index is 0.612. The summed E-state index contributed by atoms with van der Waals surface area (Å²) in [6.07, 6.45) is 6.63. The third-order valence-electron chi connectivity index (χ3n) is 2.04. The molecule has 0 fully saturated rings. The van der Waals surface area contributed by atoms with Crippen LogP contribution in [0.3, 0.4) is 0 Å². The zero-order chi connectivity index (χ0) is 11.6. The summed E-state index contributed by atoms with van der Waals surface area (Å²) in [5, 5.41) is 0. The molecule has 0 rings (SSSR count). The maximum Gasteiger partial charge on any atom is 0.551 e. The molecule has 0 heterocycles. The van der Waals surface area contributed by atoms with Crippen molar-refractivity contribution in [3.8, 4) is 0 Å². The fourth-order valence-electron chi connectivity index (χ4n) is 1.13. The van der Waals surface area contributed by atoms with Crippen LogP contribution >= 0.6 is 22.2 Å². The smallest absolute Gasteiger partial charge is 0.372 e. The highest BCUT2D eigenvalue weighted by molar-refractivity contribution is 7.39. The van der Waals surface area contributed by atoms with Crippen molar-refractivity contribution in [3.63, 3.8) is 0 Å². The number of hydrogen-bond donors (Lipinski definition) is 0. The second-order valence-electron chi connectivity index (χ2n) is 3.57. The summed E-state index contributed by atoms with van der Waals surface area (Å²) >= 11 is 11.9. The van der Waals surface area contributed by atoms with Crippen molar-refractivity contribution in [3.05, 3.63) is 0 Å². The maximum atomic E-state index is 5.95. The molecule has 0 bridgehead atoms. The van der Waals surface area contributed by atoms with Gasteiger partial charge in [0.25, 0.3) is 0 Å². The van der Waals surface area contributed by atoms with Gasteiger partial charge in [0.1, 0.15) is 0 Å². The highest BCUT2D eigenvalue weighted by Gasteiger charge is 2.33. The predicted octanol–water partition coefficient (Wildman–Crippen LogP) is 4.31. The standard InChI is InChI=1S/C10H22Cl2O2Si/c1-3-5-7-9-13-15(11,12)14-10-8-6-4-2/h3-10H2,1-2H3. The monoisotopic (exact) mass is 272 g/mol. The van der Waals surface area contributed by atoms with Gasteiger partial charge in [-0.25, -0.2) is 0 Å². The van der Waals surface area contributed by atoms with Gasteiger partial charge in [0.2, 0.25) is 0 Å². The summed E-state index contributed by atoms with van der Waals surface area (Å²) in [4.78, 5) is 0. The van der Waals surface area contributed by atoms with Gasteiger partial charge in [-0.1, -0.05) is 61.7 Å². The van der Waals surface area contributed by atoms with Gasteiger partial charge in [-0.3, -0.25) is 0 Å². The molecule has 15 heavy (non-hydrogen) atoms. The Bertz CT molecular complexity index is 131. The summed E-state index contributed by atoms with van der Waals surface area (Å²) in [7, 11) is -2.86. The average Bonchev–Trinajstić information content (AvgIpc) is 2.20. The van der Waals surface area contributed by atoms with Crippen LogP contribution in [0.15, 0.2) is 0 Å². The fraction of sp³-hybridized carbons (Fsp3) is 1.00. The van der Waals surface area contributed by atoms with Crippen LogP contribution in [0.1, 0.15) is 52.4 Å². The van der Waals surface area contributed by atoms with Crippen molar-refractivity contribution in [1.29, 1.82) is 0 Å². The molecule has 2 nitrogen and oxygen atoms in total. The lowest BCUT2D eigenvalue weighted by molar-refractivity contribution is 0.197. The van der Waals surface area contributed by atoms with E-state index in [0.717, 1.165) is 25.7 Å². The Hall–Kier alpha value is 0.717. The highest BCUT2D eigenvalue weighted by atomic mass is 35.7. The van der Waals surface area contributed by atoms with E-state index in [2.05, 4.69) is 13.8 Å². The van der Waals surface area contributed by atoms with Crippen LogP contribution in [0.25, 0.3) is 0 Å². The molecule has 5 heteroatoms. The Morgan fingerprint density at radius 3 is 1.53 bits per heavy atom. The molecule has 0 aliphatic rings. The van der Waals surface area contributed by atoms with Crippen LogP contribution in [-0.2, 0) is 8.85 Å². The number of halogens is 2. The summed E-state index contributed by atoms with van der Waals surface area (Å²) in [5.74, 6) is 0. The molecule has 0 aromatic heterocycles. The predicted molar refractivity (Wildman–Crippen MR) is 68.4 cm³/mol. The molecule has 0 amide bonds. The highest BCUT2D eigenvalue weighted by Crippen LogP contribution is 2.19. The van der Waals surface area contributed by atoms with E-state index in [-0.39, 0.29) is 0 Å². The van der Waals surface area contributed by atoms with Gasteiger partial charge in [-0.15, -0.1) is 0 Å². The zero-order valence-corrected chi connectivity index (χ0v) is 12.2. The molecule has 0 spiro atoms. The summed E-state index contributed by atoms with van der Waals surface area (Å²) < 4.78 is 10.7. The Morgan fingerprint density at radius 2 is 1.20 bits per heavy atom. The Labute approximate surface area is 104 Å². The lowest BCUT2D eigenvalue weighted by Crippen LogP contribution is -2.30. The first-order valence-corrected chi connectivity index (χ1v) is 9.62. The van der Waals surface area contributed by atoms with Gasteiger partial charge < -0.3 is 8.85 Å². The van der Waals surface area contributed by atoms with Crippen molar-refractivity contribution in [2.24, 2.45) is 0 Å². The van der Waals surface area contributed by atoms with E-state index in [4.69, 9.17) is 31.0 Å². The summed E-state index contributed by atoms with van der Waals surface area (Å²) in [6, 6.07) is 0. The van der Waals surface area contributed by atoms with Gasteiger partial charge in [0.15, 0.2) is 0 Å². The molecule has 0 radical (unpaired) electrons. The first kappa shape index (κ1) is 15.7. The molecule has 0 aliphatic carbocycles. The van der Waals surface area contributed by atoms with E-state index in [1.165, 1.54) is 12.8 Å². The second kappa shape index (κ2) is 9.91. The third-order valence-corrected chi connectivity index (χ3v) is 4.43. The molecule has 0 saturated carbocycles. The quantitative estimate of drug-likeness (QED) is 0.335. The molecule has 0 aliphatic heterocycles. The van der Waals surface area contributed by atoms with Crippen molar-refractivity contribution < 1.29 is 8.85 Å². The first-order valence-electron chi connectivity index (χ1n) is 5.78. The minimum Gasteiger partial charge on any atom is -0.372 e. The molecule has 92 valence electrons. The Balaban J connectivity index is 3.40. The van der Waals surface area contributed by atoms with Crippen LogP contribution in [0.5, 0.6) is 0 Å². The van der Waals surface area contributed by atoms with Crippen molar-refractivity contribution in [1.82, 2.24) is 0 Å². The molecular formula is C10H22Cl2O2Si. The minimum atomic E-state index is -2.86. The Kier molecular flexibility index (Phi) is 10.4.